The highest BCUT2D eigenvalue weighted by Crippen LogP contribution is 2.34. The molecule has 26 heavy (non-hydrogen) atoms. The van der Waals surface area contributed by atoms with Gasteiger partial charge in [-0.15, -0.1) is 0 Å². The molecule has 0 radical (unpaired) electrons. The van der Waals surface area contributed by atoms with Crippen molar-refractivity contribution in [2.24, 2.45) is 5.92 Å². The molecule has 1 N–H and O–H groups in total. The maximum atomic E-state index is 13.1. The van der Waals surface area contributed by atoms with Crippen LogP contribution in [0.3, 0.4) is 0 Å². The van der Waals surface area contributed by atoms with E-state index in [1.54, 1.807) is 23.4 Å². The average molecular weight is 393 g/mol. The van der Waals surface area contributed by atoms with Crippen molar-refractivity contribution in [1.82, 2.24) is 9.88 Å². The first-order valence-electron chi connectivity index (χ1n) is 8.83. The van der Waals surface area contributed by atoms with Gasteiger partial charge >= 0.3 is 0 Å². The standard InChI is InChI=1S/C20H22Cl2N2O2/c1-2-6-24(12-19(25)13-4-3-5-23-11-13)20(26)16-7-14-9-17(21)18(22)10-15(14)8-16/h3-5,9-11,16,19,25H,2,6-8,12H2,1H3. The largest absolute Gasteiger partial charge is 0.386 e. The Morgan fingerprint density at radius 2 is 1.96 bits per heavy atom. The summed E-state index contributed by atoms with van der Waals surface area (Å²) >= 11 is 12.2. The lowest BCUT2D eigenvalue weighted by Crippen LogP contribution is -2.39. The van der Waals surface area contributed by atoms with Crippen LogP contribution >= 0.6 is 23.2 Å². The number of carbonyl (C=O) groups excluding carboxylic acids is 1. The van der Waals surface area contributed by atoms with E-state index in [4.69, 9.17) is 23.2 Å². The van der Waals surface area contributed by atoms with Crippen LogP contribution in [0.15, 0.2) is 36.7 Å². The summed E-state index contributed by atoms with van der Waals surface area (Å²) in [4.78, 5) is 18.9. The highest BCUT2D eigenvalue weighted by atomic mass is 35.5. The number of pyridine rings is 1. The van der Waals surface area contributed by atoms with Gasteiger partial charge in [-0.25, -0.2) is 0 Å². The van der Waals surface area contributed by atoms with Crippen LogP contribution < -0.4 is 0 Å². The quantitative estimate of drug-likeness (QED) is 0.805. The first kappa shape index (κ1) is 19.2. The van der Waals surface area contributed by atoms with E-state index in [2.05, 4.69) is 4.98 Å². The Morgan fingerprint density at radius 3 is 2.50 bits per heavy atom. The Bertz CT molecular complexity index is 752. The van der Waals surface area contributed by atoms with Crippen LogP contribution in [0.4, 0.5) is 0 Å². The minimum Gasteiger partial charge on any atom is -0.386 e. The van der Waals surface area contributed by atoms with Gasteiger partial charge in [0.25, 0.3) is 0 Å². The second-order valence-electron chi connectivity index (χ2n) is 6.73. The van der Waals surface area contributed by atoms with Crippen LogP contribution in [0.1, 0.15) is 36.1 Å². The van der Waals surface area contributed by atoms with Gasteiger partial charge in [-0.2, -0.15) is 0 Å². The molecule has 1 aromatic heterocycles. The molecular formula is C20H22Cl2N2O2. The zero-order valence-electron chi connectivity index (χ0n) is 14.7. The molecule has 138 valence electrons. The van der Waals surface area contributed by atoms with Crippen LogP contribution in [-0.4, -0.2) is 34.0 Å². The van der Waals surface area contributed by atoms with Gasteiger partial charge in [0, 0.05) is 30.4 Å². The number of aliphatic hydroxyl groups excluding tert-OH is 1. The molecule has 1 heterocycles. The number of nitrogens with zero attached hydrogens (tertiary/aromatic N) is 2. The van der Waals surface area contributed by atoms with Crippen molar-refractivity contribution < 1.29 is 9.90 Å². The van der Waals surface area contributed by atoms with E-state index < -0.39 is 6.10 Å². The third-order valence-electron chi connectivity index (χ3n) is 4.79. The molecule has 3 rings (SSSR count). The van der Waals surface area contributed by atoms with Crippen LogP contribution in [0, 0.1) is 5.92 Å². The van der Waals surface area contributed by atoms with E-state index in [1.807, 2.05) is 25.1 Å². The van der Waals surface area contributed by atoms with Gasteiger partial charge in [0.05, 0.1) is 22.7 Å². The van der Waals surface area contributed by atoms with Gasteiger partial charge in [0.15, 0.2) is 0 Å². The van der Waals surface area contributed by atoms with Crippen LogP contribution in [0.25, 0.3) is 0 Å². The molecule has 0 spiro atoms. The van der Waals surface area contributed by atoms with Crippen molar-refractivity contribution in [2.45, 2.75) is 32.3 Å². The van der Waals surface area contributed by atoms with Crippen LogP contribution in [0.2, 0.25) is 10.0 Å². The van der Waals surface area contributed by atoms with Crippen molar-refractivity contribution in [3.63, 3.8) is 0 Å². The first-order valence-corrected chi connectivity index (χ1v) is 9.58. The molecular weight excluding hydrogens is 371 g/mol. The molecule has 1 atom stereocenters. The molecule has 6 heteroatoms. The molecule has 1 aliphatic rings. The molecule has 0 saturated carbocycles. The fourth-order valence-corrected chi connectivity index (χ4v) is 3.87. The van der Waals surface area contributed by atoms with Crippen LogP contribution in [-0.2, 0) is 17.6 Å². The number of amides is 1. The number of carbonyl (C=O) groups is 1. The summed E-state index contributed by atoms with van der Waals surface area (Å²) in [5.41, 5.74) is 2.89. The topological polar surface area (TPSA) is 53.4 Å². The zero-order valence-corrected chi connectivity index (χ0v) is 16.2. The van der Waals surface area contributed by atoms with Crippen molar-refractivity contribution in [1.29, 1.82) is 0 Å². The maximum Gasteiger partial charge on any atom is 0.226 e. The molecule has 1 aromatic carbocycles. The number of aliphatic hydroxyl groups is 1. The van der Waals surface area contributed by atoms with Crippen LogP contribution in [0.5, 0.6) is 0 Å². The van der Waals surface area contributed by atoms with Gasteiger partial charge in [-0.3, -0.25) is 9.78 Å². The second kappa shape index (κ2) is 8.38. The molecule has 0 fully saturated rings. The summed E-state index contributed by atoms with van der Waals surface area (Å²) in [6.07, 6.45) is 4.71. The van der Waals surface area contributed by atoms with Gasteiger partial charge in [-0.1, -0.05) is 36.2 Å². The van der Waals surface area contributed by atoms with E-state index in [-0.39, 0.29) is 18.4 Å². The monoisotopic (exact) mass is 392 g/mol. The molecule has 0 bridgehead atoms. The molecule has 2 aromatic rings. The lowest BCUT2D eigenvalue weighted by atomic mass is 10.0. The predicted octanol–water partition coefficient (Wildman–Crippen LogP) is 4.08. The Balaban J connectivity index is 1.71. The number of rotatable bonds is 6. The molecule has 4 nitrogen and oxygen atoms in total. The molecule has 1 aliphatic carbocycles. The maximum absolute atomic E-state index is 13.1. The number of aromatic nitrogens is 1. The highest BCUT2D eigenvalue weighted by Gasteiger charge is 2.32. The third-order valence-corrected chi connectivity index (χ3v) is 5.51. The fraction of sp³-hybridized carbons (Fsp3) is 0.400. The Labute approximate surface area is 163 Å². The molecule has 0 aliphatic heterocycles. The van der Waals surface area contributed by atoms with E-state index in [0.717, 1.165) is 23.1 Å². The van der Waals surface area contributed by atoms with Gasteiger partial charge in [0.1, 0.15) is 0 Å². The summed E-state index contributed by atoms with van der Waals surface area (Å²) in [6.45, 7) is 2.91. The lowest BCUT2D eigenvalue weighted by Gasteiger charge is -2.27. The molecule has 1 unspecified atom stereocenters. The minimum absolute atomic E-state index is 0.0678. The smallest absolute Gasteiger partial charge is 0.226 e. The van der Waals surface area contributed by atoms with Crippen molar-refractivity contribution >= 4 is 29.1 Å². The summed E-state index contributed by atoms with van der Waals surface area (Å²) < 4.78 is 0. The van der Waals surface area contributed by atoms with Crippen molar-refractivity contribution in [2.75, 3.05) is 13.1 Å². The minimum atomic E-state index is -0.744. The number of hydrogen-bond donors (Lipinski definition) is 1. The van der Waals surface area contributed by atoms with E-state index in [0.29, 0.717) is 29.4 Å². The fourth-order valence-electron chi connectivity index (χ4n) is 3.49. The lowest BCUT2D eigenvalue weighted by molar-refractivity contribution is -0.136. The summed E-state index contributed by atoms with van der Waals surface area (Å²) in [5, 5.41) is 11.5. The SMILES string of the molecule is CCCN(CC(O)c1cccnc1)C(=O)C1Cc2cc(Cl)c(Cl)cc2C1. The van der Waals surface area contributed by atoms with Gasteiger partial charge in [0.2, 0.25) is 5.91 Å². The number of hydrogen-bond acceptors (Lipinski definition) is 3. The van der Waals surface area contributed by atoms with E-state index >= 15 is 0 Å². The summed E-state index contributed by atoms with van der Waals surface area (Å²) in [7, 11) is 0. The Morgan fingerprint density at radius 1 is 1.31 bits per heavy atom. The number of benzene rings is 1. The van der Waals surface area contributed by atoms with E-state index in [1.165, 1.54) is 0 Å². The highest BCUT2D eigenvalue weighted by molar-refractivity contribution is 6.42. The number of fused-ring (bicyclic) bond motifs is 1. The number of halogens is 2. The predicted molar refractivity (Wildman–Crippen MR) is 103 cm³/mol. The normalized spacial score (nSPS) is 14.9. The first-order chi connectivity index (χ1) is 12.5. The molecule has 1 amide bonds. The van der Waals surface area contributed by atoms with Gasteiger partial charge < -0.3 is 10.0 Å². The zero-order chi connectivity index (χ0) is 18.7. The Kier molecular flexibility index (Phi) is 6.17. The second-order valence-corrected chi connectivity index (χ2v) is 7.54. The van der Waals surface area contributed by atoms with Crippen molar-refractivity contribution in [3.05, 3.63) is 63.4 Å². The Hall–Kier alpha value is -1.62. The van der Waals surface area contributed by atoms with Crippen molar-refractivity contribution in [3.8, 4) is 0 Å². The third kappa shape index (κ3) is 4.20. The molecule has 0 saturated heterocycles. The summed E-state index contributed by atoms with van der Waals surface area (Å²) in [5.74, 6) is -0.0644. The summed E-state index contributed by atoms with van der Waals surface area (Å²) in [6, 6.07) is 7.33. The van der Waals surface area contributed by atoms with Gasteiger partial charge in [-0.05, 0) is 48.6 Å². The van der Waals surface area contributed by atoms with E-state index in [9.17, 15) is 9.90 Å². The average Bonchev–Trinajstić information content (AvgIpc) is 3.04.